The molecule has 1 amide bonds. The van der Waals surface area contributed by atoms with E-state index < -0.39 is 0 Å². The standard InChI is InChI=1S/C15H22N2O3/c1-12(18)11-13-5-4-9-17(13)15(20)7-10-16-8-3-2-6-14(16)19/h2-3,6,8,12-13,18H,4-5,7,9-11H2,1H3. The van der Waals surface area contributed by atoms with Crippen LogP contribution in [0.4, 0.5) is 0 Å². The molecule has 1 N–H and O–H groups in total. The minimum absolute atomic E-state index is 0.0731. The molecule has 5 heteroatoms. The smallest absolute Gasteiger partial charge is 0.250 e. The average Bonchev–Trinajstić information content (AvgIpc) is 2.85. The summed E-state index contributed by atoms with van der Waals surface area (Å²) in [5, 5.41) is 9.47. The molecule has 1 saturated heterocycles. The number of amides is 1. The largest absolute Gasteiger partial charge is 0.393 e. The Morgan fingerprint density at radius 2 is 2.30 bits per heavy atom. The van der Waals surface area contributed by atoms with Crippen LogP contribution >= 0.6 is 0 Å². The molecule has 0 aliphatic carbocycles. The molecule has 0 radical (unpaired) electrons. The molecule has 0 aromatic carbocycles. The Balaban J connectivity index is 1.91. The highest BCUT2D eigenvalue weighted by Gasteiger charge is 2.28. The van der Waals surface area contributed by atoms with Crippen LogP contribution < -0.4 is 5.56 Å². The van der Waals surface area contributed by atoms with Gasteiger partial charge < -0.3 is 14.6 Å². The number of aromatic nitrogens is 1. The van der Waals surface area contributed by atoms with Gasteiger partial charge in [-0.15, -0.1) is 0 Å². The van der Waals surface area contributed by atoms with Crippen LogP contribution in [-0.2, 0) is 11.3 Å². The van der Waals surface area contributed by atoms with Gasteiger partial charge in [-0.2, -0.15) is 0 Å². The zero-order chi connectivity index (χ0) is 14.5. The van der Waals surface area contributed by atoms with Crippen molar-refractivity contribution >= 4 is 5.91 Å². The number of pyridine rings is 1. The molecule has 1 aliphatic rings. The fraction of sp³-hybridized carbons (Fsp3) is 0.600. The van der Waals surface area contributed by atoms with Gasteiger partial charge in [0.15, 0.2) is 0 Å². The Labute approximate surface area is 118 Å². The summed E-state index contributed by atoms with van der Waals surface area (Å²) in [4.78, 5) is 25.7. The molecule has 0 spiro atoms. The molecule has 0 saturated carbocycles. The molecule has 2 atom stereocenters. The molecule has 2 rings (SSSR count). The third-order valence-electron chi connectivity index (χ3n) is 3.78. The van der Waals surface area contributed by atoms with Crippen molar-refractivity contribution in [3.63, 3.8) is 0 Å². The van der Waals surface area contributed by atoms with E-state index in [9.17, 15) is 14.7 Å². The van der Waals surface area contributed by atoms with Crippen molar-refractivity contribution in [2.24, 2.45) is 0 Å². The number of aryl methyl sites for hydroxylation is 1. The van der Waals surface area contributed by atoms with Gasteiger partial charge >= 0.3 is 0 Å². The van der Waals surface area contributed by atoms with Crippen LogP contribution in [-0.4, -0.2) is 39.2 Å². The lowest BCUT2D eigenvalue weighted by atomic mass is 10.1. The summed E-state index contributed by atoms with van der Waals surface area (Å²) in [7, 11) is 0. The van der Waals surface area contributed by atoms with Crippen molar-refractivity contribution in [1.82, 2.24) is 9.47 Å². The second kappa shape index (κ2) is 6.70. The lowest BCUT2D eigenvalue weighted by molar-refractivity contribution is -0.132. The SMILES string of the molecule is CC(O)CC1CCCN1C(=O)CCn1ccccc1=O. The van der Waals surface area contributed by atoms with Gasteiger partial charge in [-0.05, 0) is 32.3 Å². The van der Waals surface area contributed by atoms with E-state index in [2.05, 4.69) is 0 Å². The summed E-state index contributed by atoms with van der Waals surface area (Å²) in [6.07, 6.45) is 4.24. The van der Waals surface area contributed by atoms with E-state index >= 15 is 0 Å². The van der Waals surface area contributed by atoms with Crippen molar-refractivity contribution in [3.05, 3.63) is 34.7 Å². The number of nitrogens with zero attached hydrogens (tertiary/aromatic N) is 2. The number of aliphatic hydroxyl groups is 1. The number of rotatable bonds is 5. The number of hydrogen-bond acceptors (Lipinski definition) is 3. The summed E-state index contributed by atoms with van der Waals surface area (Å²) in [5.41, 5.74) is -0.0812. The highest BCUT2D eigenvalue weighted by molar-refractivity contribution is 5.76. The topological polar surface area (TPSA) is 62.5 Å². The third kappa shape index (κ3) is 3.70. The maximum Gasteiger partial charge on any atom is 0.250 e. The fourth-order valence-electron chi connectivity index (χ4n) is 2.81. The normalized spacial score (nSPS) is 20.1. The summed E-state index contributed by atoms with van der Waals surface area (Å²) in [6, 6.07) is 5.13. The second-order valence-corrected chi connectivity index (χ2v) is 5.45. The number of likely N-dealkylation sites (tertiary alicyclic amines) is 1. The molecule has 1 fully saturated rings. The van der Waals surface area contributed by atoms with Gasteiger partial charge in [0.05, 0.1) is 6.10 Å². The van der Waals surface area contributed by atoms with E-state index in [1.165, 1.54) is 6.07 Å². The Morgan fingerprint density at radius 1 is 1.50 bits per heavy atom. The molecule has 5 nitrogen and oxygen atoms in total. The maximum atomic E-state index is 12.3. The van der Waals surface area contributed by atoms with Crippen molar-refractivity contribution in [2.45, 2.75) is 51.3 Å². The zero-order valence-electron chi connectivity index (χ0n) is 11.9. The van der Waals surface area contributed by atoms with Gasteiger partial charge in [-0.1, -0.05) is 6.07 Å². The third-order valence-corrected chi connectivity index (χ3v) is 3.78. The molecule has 1 aliphatic heterocycles. The van der Waals surface area contributed by atoms with Crippen LogP contribution in [0.2, 0.25) is 0 Å². The van der Waals surface area contributed by atoms with Crippen molar-refractivity contribution < 1.29 is 9.90 Å². The van der Waals surface area contributed by atoms with Gasteiger partial charge in [0.1, 0.15) is 0 Å². The first kappa shape index (κ1) is 14.8. The first-order valence-corrected chi connectivity index (χ1v) is 7.21. The minimum atomic E-state index is -0.384. The van der Waals surface area contributed by atoms with E-state index in [1.807, 2.05) is 4.90 Å². The fourth-order valence-corrected chi connectivity index (χ4v) is 2.81. The quantitative estimate of drug-likeness (QED) is 0.874. The molecule has 2 unspecified atom stereocenters. The molecular formula is C15H22N2O3. The molecule has 1 aromatic heterocycles. The zero-order valence-corrected chi connectivity index (χ0v) is 11.9. The molecule has 1 aromatic rings. The van der Waals surface area contributed by atoms with E-state index in [4.69, 9.17) is 0 Å². The Hall–Kier alpha value is -1.62. The predicted octanol–water partition coefficient (Wildman–Crippen LogP) is 1.00. The Bertz CT molecular complexity index is 510. The molecule has 110 valence electrons. The van der Waals surface area contributed by atoms with E-state index in [-0.39, 0.29) is 23.6 Å². The van der Waals surface area contributed by atoms with Crippen molar-refractivity contribution in [1.29, 1.82) is 0 Å². The second-order valence-electron chi connectivity index (χ2n) is 5.45. The van der Waals surface area contributed by atoms with Crippen molar-refractivity contribution in [3.8, 4) is 0 Å². The number of aliphatic hydroxyl groups excluding tert-OH is 1. The van der Waals surface area contributed by atoms with Gasteiger partial charge in [-0.25, -0.2) is 0 Å². The van der Waals surface area contributed by atoms with Crippen LogP contribution in [0.3, 0.4) is 0 Å². The lowest BCUT2D eigenvalue weighted by Gasteiger charge is -2.25. The van der Waals surface area contributed by atoms with Gasteiger partial charge in [0.25, 0.3) is 5.56 Å². The number of hydrogen-bond donors (Lipinski definition) is 1. The predicted molar refractivity (Wildman–Crippen MR) is 76.4 cm³/mol. The van der Waals surface area contributed by atoms with Gasteiger partial charge in [0, 0.05) is 37.8 Å². The molecule has 2 heterocycles. The molecule has 20 heavy (non-hydrogen) atoms. The van der Waals surface area contributed by atoms with Crippen LogP contribution in [0.5, 0.6) is 0 Å². The maximum absolute atomic E-state index is 12.3. The molecular weight excluding hydrogens is 256 g/mol. The van der Waals surface area contributed by atoms with E-state index in [1.54, 1.807) is 29.8 Å². The molecule has 0 bridgehead atoms. The first-order valence-electron chi connectivity index (χ1n) is 7.21. The van der Waals surface area contributed by atoms with Gasteiger partial charge in [-0.3, -0.25) is 9.59 Å². The minimum Gasteiger partial charge on any atom is -0.393 e. The summed E-state index contributed by atoms with van der Waals surface area (Å²) in [5.74, 6) is 0.0731. The van der Waals surface area contributed by atoms with Crippen LogP contribution in [0.1, 0.15) is 32.6 Å². The number of carbonyl (C=O) groups excluding carboxylic acids is 1. The van der Waals surface area contributed by atoms with Crippen LogP contribution in [0, 0.1) is 0 Å². The monoisotopic (exact) mass is 278 g/mol. The van der Waals surface area contributed by atoms with Crippen molar-refractivity contribution in [2.75, 3.05) is 6.54 Å². The average molecular weight is 278 g/mol. The van der Waals surface area contributed by atoms with E-state index in [0.29, 0.717) is 19.4 Å². The Morgan fingerprint density at radius 3 is 3.00 bits per heavy atom. The summed E-state index contributed by atoms with van der Waals surface area (Å²) >= 11 is 0. The number of carbonyl (C=O) groups is 1. The van der Waals surface area contributed by atoms with Crippen LogP contribution in [0.25, 0.3) is 0 Å². The van der Waals surface area contributed by atoms with E-state index in [0.717, 1.165) is 19.4 Å². The summed E-state index contributed by atoms with van der Waals surface area (Å²) in [6.45, 7) is 2.93. The van der Waals surface area contributed by atoms with Crippen LogP contribution in [0.15, 0.2) is 29.2 Å². The summed E-state index contributed by atoms with van der Waals surface area (Å²) < 4.78 is 1.55. The van der Waals surface area contributed by atoms with Gasteiger partial charge in [0.2, 0.25) is 5.91 Å². The lowest BCUT2D eigenvalue weighted by Crippen LogP contribution is -2.38. The Kier molecular flexibility index (Phi) is 4.95. The first-order chi connectivity index (χ1) is 9.58. The highest BCUT2D eigenvalue weighted by atomic mass is 16.3. The highest BCUT2D eigenvalue weighted by Crippen LogP contribution is 2.22.